The number of halogens is 2. The Balaban J connectivity index is 1.87. The Morgan fingerprint density at radius 2 is 2.28 bits per heavy atom. The molecule has 1 saturated heterocycles. The van der Waals surface area contributed by atoms with Crippen molar-refractivity contribution in [1.82, 2.24) is 0 Å². The summed E-state index contributed by atoms with van der Waals surface area (Å²) in [6.07, 6.45) is 5.23. The molecule has 2 N–H and O–H groups in total. The van der Waals surface area contributed by atoms with Gasteiger partial charge in [-0.1, -0.05) is 17.7 Å². The molecule has 0 radical (unpaired) electrons. The van der Waals surface area contributed by atoms with E-state index in [2.05, 4.69) is 0 Å². The fourth-order valence-electron chi connectivity index (χ4n) is 2.38. The van der Waals surface area contributed by atoms with Crippen molar-refractivity contribution >= 4 is 11.6 Å². The van der Waals surface area contributed by atoms with E-state index in [1.807, 2.05) is 0 Å². The standard InChI is InChI=1S/C14H19ClFNO/c15-14-8-11(16)5-4-10(14)7-12(17)9-13-3-1-2-6-18-13/h4-5,8,12-13H,1-3,6-7,9,17H2. The van der Waals surface area contributed by atoms with Crippen LogP contribution in [0.25, 0.3) is 0 Å². The zero-order chi connectivity index (χ0) is 13.0. The van der Waals surface area contributed by atoms with Crippen LogP contribution in [0.4, 0.5) is 4.39 Å². The van der Waals surface area contributed by atoms with Crippen LogP contribution in [0.3, 0.4) is 0 Å². The first-order valence-corrected chi connectivity index (χ1v) is 6.84. The monoisotopic (exact) mass is 271 g/mol. The summed E-state index contributed by atoms with van der Waals surface area (Å²) in [6.45, 7) is 0.842. The van der Waals surface area contributed by atoms with Crippen molar-refractivity contribution in [1.29, 1.82) is 0 Å². The first kappa shape index (κ1) is 13.8. The van der Waals surface area contributed by atoms with Gasteiger partial charge in [-0.05, 0) is 49.8 Å². The minimum Gasteiger partial charge on any atom is -0.378 e. The third kappa shape index (κ3) is 3.94. The molecule has 0 saturated carbocycles. The number of rotatable bonds is 4. The zero-order valence-corrected chi connectivity index (χ0v) is 11.1. The topological polar surface area (TPSA) is 35.2 Å². The normalized spacial score (nSPS) is 21.8. The molecule has 4 heteroatoms. The van der Waals surface area contributed by atoms with E-state index in [9.17, 15) is 4.39 Å². The van der Waals surface area contributed by atoms with E-state index >= 15 is 0 Å². The van der Waals surface area contributed by atoms with Crippen molar-refractivity contribution in [3.8, 4) is 0 Å². The minimum atomic E-state index is -0.312. The molecule has 100 valence electrons. The summed E-state index contributed by atoms with van der Waals surface area (Å²) in [5.74, 6) is -0.312. The van der Waals surface area contributed by atoms with Gasteiger partial charge in [0.25, 0.3) is 0 Å². The number of nitrogens with two attached hydrogens (primary N) is 1. The molecule has 2 unspecified atom stereocenters. The SMILES string of the molecule is NC(Cc1ccc(F)cc1Cl)CC1CCCCO1. The second-order valence-corrected chi connectivity index (χ2v) is 5.33. The maximum absolute atomic E-state index is 12.9. The Morgan fingerprint density at radius 1 is 1.44 bits per heavy atom. The summed E-state index contributed by atoms with van der Waals surface area (Å²) in [6, 6.07) is 4.47. The third-order valence-corrected chi connectivity index (χ3v) is 3.69. The van der Waals surface area contributed by atoms with E-state index in [0.717, 1.165) is 31.4 Å². The summed E-state index contributed by atoms with van der Waals surface area (Å²) in [5, 5.41) is 0.454. The molecule has 0 aliphatic carbocycles. The highest BCUT2D eigenvalue weighted by Gasteiger charge is 2.18. The Labute approximate surface area is 112 Å². The van der Waals surface area contributed by atoms with Crippen molar-refractivity contribution in [2.24, 2.45) is 5.73 Å². The van der Waals surface area contributed by atoms with Crippen molar-refractivity contribution < 1.29 is 9.13 Å². The van der Waals surface area contributed by atoms with Crippen LogP contribution in [0.5, 0.6) is 0 Å². The second kappa shape index (κ2) is 6.50. The predicted octanol–water partition coefficient (Wildman–Crippen LogP) is 3.31. The molecule has 1 aliphatic rings. The quantitative estimate of drug-likeness (QED) is 0.912. The lowest BCUT2D eigenvalue weighted by Gasteiger charge is -2.25. The lowest BCUT2D eigenvalue weighted by Crippen LogP contribution is -2.31. The zero-order valence-electron chi connectivity index (χ0n) is 10.4. The molecular weight excluding hydrogens is 253 g/mol. The molecule has 1 heterocycles. The van der Waals surface area contributed by atoms with Gasteiger partial charge in [-0.25, -0.2) is 4.39 Å². The molecule has 2 nitrogen and oxygen atoms in total. The molecule has 1 aliphatic heterocycles. The average Bonchev–Trinajstić information content (AvgIpc) is 2.34. The Hall–Kier alpha value is -0.640. The maximum Gasteiger partial charge on any atom is 0.124 e. The molecule has 0 bridgehead atoms. The highest BCUT2D eigenvalue weighted by atomic mass is 35.5. The fourth-order valence-corrected chi connectivity index (χ4v) is 2.63. The van der Waals surface area contributed by atoms with Crippen LogP contribution < -0.4 is 5.73 Å². The lowest BCUT2D eigenvalue weighted by molar-refractivity contribution is 0.00747. The van der Waals surface area contributed by atoms with Crippen molar-refractivity contribution in [3.63, 3.8) is 0 Å². The van der Waals surface area contributed by atoms with Crippen LogP contribution in [0.1, 0.15) is 31.2 Å². The van der Waals surface area contributed by atoms with Gasteiger partial charge in [-0.3, -0.25) is 0 Å². The number of benzene rings is 1. The van der Waals surface area contributed by atoms with Crippen LogP contribution in [-0.2, 0) is 11.2 Å². The lowest BCUT2D eigenvalue weighted by atomic mass is 9.97. The minimum absolute atomic E-state index is 0.0102. The van der Waals surface area contributed by atoms with E-state index in [1.165, 1.54) is 18.6 Å². The summed E-state index contributed by atoms with van der Waals surface area (Å²) < 4.78 is 18.6. The van der Waals surface area contributed by atoms with Gasteiger partial charge in [-0.15, -0.1) is 0 Å². The highest BCUT2D eigenvalue weighted by Crippen LogP contribution is 2.21. The summed E-state index contributed by atoms with van der Waals surface area (Å²) in [5.41, 5.74) is 7.02. The molecule has 1 aromatic rings. The van der Waals surface area contributed by atoms with E-state index in [0.29, 0.717) is 11.4 Å². The van der Waals surface area contributed by atoms with E-state index in [4.69, 9.17) is 22.1 Å². The van der Waals surface area contributed by atoms with Gasteiger partial charge in [0.05, 0.1) is 6.10 Å². The van der Waals surface area contributed by atoms with Gasteiger partial charge in [0, 0.05) is 17.7 Å². The molecule has 1 fully saturated rings. The van der Waals surface area contributed by atoms with Crippen molar-refractivity contribution in [2.45, 2.75) is 44.2 Å². The van der Waals surface area contributed by atoms with Crippen molar-refractivity contribution in [3.05, 3.63) is 34.6 Å². The van der Waals surface area contributed by atoms with Gasteiger partial charge in [-0.2, -0.15) is 0 Å². The molecular formula is C14H19ClFNO. The first-order chi connectivity index (χ1) is 8.65. The van der Waals surface area contributed by atoms with Crippen LogP contribution in [0.15, 0.2) is 18.2 Å². The largest absolute Gasteiger partial charge is 0.378 e. The molecule has 0 spiro atoms. The third-order valence-electron chi connectivity index (χ3n) is 3.34. The Kier molecular flexibility index (Phi) is 4.98. The Morgan fingerprint density at radius 3 is 2.94 bits per heavy atom. The molecule has 18 heavy (non-hydrogen) atoms. The van der Waals surface area contributed by atoms with Gasteiger partial charge in [0.15, 0.2) is 0 Å². The number of ether oxygens (including phenoxy) is 1. The van der Waals surface area contributed by atoms with Gasteiger partial charge in [0.1, 0.15) is 5.82 Å². The number of hydrogen-bond acceptors (Lipinski definition) is 2. The van der Waals surface area contributed by atoms with E-state index in [-0.39, 0.29) is 18.0 Å². The highest BCUT2D eigenvalue weighted by molar-refractivity contribution is 6.31. The van der Waals surface area contributed by atoms with Crippen LogP contribution >= 0.6 is 11.6 Å². The molecule has 2 rings (SSSR count). The average molecular weight is 272 g/mol. The van der Waals surface area contributed by atoms with Crippen LogP contribution in [0, 0.1) is 5.82 Å². The summed E-state index contributed by atoms with van der Waals surface area (Å²) in [4.78, 5) is 0. The number of hydrogen-bond donors (Lipinski definition) is 1. The van der Waals surface area contributed by atoms with Crippen LogP contribution in [-0.4, -0.2) is 18.8 Å². The van der Waals surface area contributed by atoms with Gasteiger partial charge < -0.3 is 10.5 Å². The van der Waals surface area contributed by atoms with Gasteiger partial charge in [0.2, 0.25) is 0 Å². The Bertz CT molecular complexity index is 393. The molecule has 0 aromatic heterocycles. The molecule has 1 aromatic carbocycles. The van der Waals surface area contributed by atoms with E-state index in [1.54, 1.807) is 6.07 Å². The second-order valence-electron chi connectivity index (χ2n) is 4.92. The fraction of sp³-hybridized carbons (Fsp3) is 0.571. The van der Waals surface area contributed by atoms with Gasteiger partial charge >= 0.3 is 0 Å². The smallest absolute Gasteiger partial charge is 0.124 e. The molecule has 2 atom stereocenters. The molecule has 0 amide bonds. The van der Waals surface area contributed by atoms with E-state index < -0.39 is 0 Å². The van der Waals surface area contributed by atoms with Crippen molar-refractivity contribution in [2.75, 3.05) is 6.61 Å². The predicted molar refractivity (Wildman–Crippen MR) is 71.3 cm³/mol. The maximum atomic E-state index is 12.9. The van der Waals surface area contributed by atoms with Crippen LogP contribution in [0.2, 0.25) is 5.02 Å². The summed E-state index contributed by atoms with van der Waals surface area (Å²) in [7, 11) is 0. The first-order valence-electron chi connectivity index (χ1n) is 6.46. The summed E-state index contributed by atoms with van der Waals surface area (Å²) >= 11 is 5.99.